The van der Waals surface area contributed by atoms with Crippen LogP contribution in [0, 0.1) is 5.92 Å². The smallest absolute Gasteiger partial charge is 0.325 e. The van der Waals surface area contributed by atoms with Gasteiger partial charge in [-0.05, 0) is 26.2 Å². The fourth-order valence-electron chi connectivity index (χ4n) is 2.30. The van der Waals surface area contributed by atoms with Crippen molar-refractivity contribution >= 4 is 11.9 Å². The largest absolute Gasteiger partial charge is 0.480 e. The van der Waals surface area contributed by atoms with Gasteiger partial charge < -0.3 is 15.2 Å². The molecule has 3 unspecified atom stereocenters. The van der Waals surface area contributed by atoms with Crippen molar-refractivity contribution in [2.75, 3.05) is 0 Å². The number of rotatable bonds is 3. The first kappa shape index (κ1) is 10.4. The Balaban J connectivity index is 1.89. The maximum atomic E-state index is 11.7. The first-order valence-electron chi connectivity index (χ1n) is 5.26. The first-order valence-corrected chi connectivity index (χ1v) is 5.26. The van der Waals surface area contributed by atoms with E-state index in [1.165, 1.54) is 6.92 Å². The molecule has 2 rings (SSSR count). The van der Waals surface area contributed by atoms with Crippen LogP contribution in [-0.2, 0) is 14.3 Å². The number of carbonyl (C=O) groups excluding carboxylic acids is 1. The number of aliphatic carboxylic acids is 1. The molecule has 0 saturated carbocycles. The number of carboxylic acids is 1. The Morgan fingerprint density at radius 3 is 2.67 bits per heavy atom. The first-order chi connectivity index (χ1) is 7.08. The minimum absolute atomic E-state index is 0.0102. The zero-order chi connectivity index (χ0) is 11.0. The summed E-state index contributed by atoms with van der Waals surface area (Å²) in [4.78, 5) is 22.3. The normalized spacial score (nSPS) is 35.1. The highest BCUT2D eigenvalue weighted by molar-refractivity contribution is 5.85. The molecule has 84 valence electrons. The summed E-state index contributed by atoms with van der Waals surface area (Å²) in [5.41, 5.74) is 0. The lowest BCUT2D eigenvalue weighted by atomic mass is 9.88. The Hall–Kier alpha value is -1.10. The lowest BCUT2D eigenvalue weighted by Gasteiger charge is -2.19. The second kappa shape index (κ2) is 3.81. The zero-order valence-electron chi connectivity index (χ0n) is 8.60. The van der Waals surface area contributed by atoms with Crippen LogP contribution in [0.15, 0.2) is 0 Å². The molecule has 2 aliphatic rings. The van der Waals surface area contributed by atoms with Gasteiger partial charge in [0.05, 0.1) is 18.1 Å². The highest BCUT2D eigenvalue weighted by atomic mass is 16.5. The van der Waals surface area contributed by atoms with Crippen molar-refractivity contribution < 1.29 is 19.4 Å². The minimum atomic E-state index is -1.01. The van der Waals surface area contributed by atoms with E-state index in [9.17, 15) is 9.59 Å². The Labute approximate surface area is 87.8 Å². The van der Waals surface area contributed by atoms with E-state index >= 15 is 0 Å². The minimum Gasteiger partial charge on any atom is -0.480 e. The van der Waals surface area contributed by atoms with E-state index in [2.05, 4.69) is 5.32 Å². The lowest BCUT2D eigenvalue weighted by molar-refractivity contribution is -0.142. The average molecular weight is 213 g/mol. The van der Waals surface area contributed by atoms with Crippen LogP contribution in [0.2, 0.25) is 0 Å². The van der Waals surface area contributed by atoms with Crippen molar-refractivity contribution in [1.82, 2.24) is 5.32 Å². The van der Waals surface area contributed by atoms with E-state index in [1.54, 1.807) is 0 Å². The number of ether oxygens (including phenoxy) is 1. The fourth-order valence-corrected chi connectivity index (χ4v) is 2.30. The van der Waals surface area contributed by atoms with Gasteiger partial charge in [0.15, 0.2) is 0 Å². The van der Waals surface area contributed by atoms with Gasteiger partial charge >= 0.3 is 5.97 Å². The van der Waals surface area contributed by atoms with Crippen LogP contribution in [0.4, 0.5) is 0 Å². The molecule has 0 aromatic carbocycles. The molecule has 0 spiro atoms. The molecule has 2 bridgehead atoms. The van der Waals surface area contributed by atoms with Gasteiger partial charge in [0.25, 0.3) is 0 Å². The van der Waals surface area contributed by atoms with Crippen LogP contribution in [0.25, 0.3) is 0 Å². The van der Waals surface area contributed by atoms with Gasteiger partial charge in [0.1, 0.15) is 6.04 Å². The van der Waals surface area contributed by atoms with Gasteiger partial charge in [-0.2, -0.15) is 0 Å². The van der Waals surface area contributed by atoms with Crippen molar-refractivity contribution in [3.63, 3.8) is 0 Å². The van der Waals surface area contributed by atoms with Gasteiger partial charge in [0, 0.05) is 0 Å². The van der Waals surface area contributed by atoms with E-state index in [0.717, 1.165) is 19.3 Å². The predicted octanol–water partition coefficient (Wildman–Crippen LogP) is 0.143. The molecule has 0 aromatic rings. The summed E-state index contributed by atoms with van der Waals surface area (Å²) in [7, 11) is 0. The number of fused-ring (bicyclic) bond motifs is 2. The molecular formula is C10H15NO4. The molecule has 15 heavy (non-hydrogen) atoms. The van der Waals surface area contributed by atoms with Crippen molar-refractivity contribution in [2.45, 2.75) is 44.4 Å². The van der Waals surface area contributed by atoms with E-state index in [-0.39, 0.29) is 24.0 Å². The fraction of sp³-hybridized carbons (Fsp3) is 0.800. The quantitative estimate of drug-likeness (QED) is 0.699. The van der Waals surface area contributed by atoms with E-state index in [1.807, 2.05) is 0 Å². The topological polar surface area (TPSA) is 75.6 Å². The molecule has 2 N–H and O–H groups in total. The summed E-state index contributed by atoms with van der Waals surface area (Å²) in [6.07, 6.45) is 2.91. The third-order valence-electron chi connectivity index (χ3n) is 3.17. The number of amides is 1. The predicted molar refractivity (Wildman–Crippen MR) is 51.2 cm³/mol. The average Bonchev–Trinajstić information content (AvgIpc) is 2.78. The summed E-state index contributed by atoms with van der Waals surface area (Å²) in [6, 6.07) is -0.823. The van der Waals surface area contributed by atoms with Gasteiger partial charge in [-0.15, -0.1) is 0 Å². The molecule has 4 atom stereocenters. The van der Waals surface area contributed by atoms with Crippen LogP contribution in [0.5, 0.6) is 0 Å². The summed E-state index contributed by atoms with van der Waals surface area (Å²) in [6.45, 7) is 1.47. The highest BCUT2D eigenvalue weighted by Crippen LogP contribution is 2.38. The Morgan fingerprint density at radius 1 is 1.47 bits per heavy atom. The second-order valence-electron chi connectivity index (χ2n) is 4.28. The van der Waals surface area contributed by atoms with E-state index in [4.69, 9.17) is 9.84 Å². The summed E-state index contributed by atoms with van der Waals surface area (Å²) >= 11 is 0. The number of hydrogen-bond acceptors (Lipinski definition) is 3. The summed E-state index contributed by atoms with van der Waals surface area (Å²) < 4.78 is 5.54. The van der Waals surface area contributed by atoms with Gasteiger partial charge in [-0.1, -0.05) is 0 Å². The number of hydrogen-bond donors (Lipinski definition) is 2. The van der Waals surface area contributed by atoms with Crippen LogP contribution < -0.4 is 5.32 Å². The van der Waals surface area contributed by atoms with Gasteiger partial charge in [-0.25, -0.2) is 0 Å². The Bertz CT molecular complexity index is 291. The molecule has 2 heterocycles. The number of nitrogens with one attached hydrogen (secondary N) is 1. The molecule has 5 nitrogen and oxygen atoms in total. The number of carbonyl (C=O) groups is 2. The highest BCUT2D eigenvalue weighted by Gasteiger charge is 2.44. The third-order valence-corrected chi connectivity index (χ3v) is 3.17. The molecule has 5 heteroatoms. The molecule has 2 fully saturated rings. The van der Waals surface area contributed by atoms with Crippen molar-refractivity contribution in [3.8, 4) is 0 Å². The number of carboxylic acid groups (broad SMARTS) is 1. The molecule has 0 aliphatic carbocycles. The molecule has 1 amide bonds. The van der Waals surface area contributed by atoms with Gasteiger partial charge in [0.2, 0.25) is 5.91 Å². The van der Waals surface area contributed by atoms with Crippen LogP contribution in [0.1, 0.15) is 26.2 Å². The maximum Gasteiger partial charge on any atom is 0.325 e. The second-order valence-corrected chi connectivity index (χ2v) is 4.28. The van der Waals surface area contributed by atoms with Gasteiger partial charge in [-0.3, -0.25) is 9.59 Å². The molecule has 2 aliphatic heterocycles. The van der Waals surface area contributed by atoms with Crippen molar-refractivity contribution in [1.29, 1.82) is 0 Å². The zero-order valence-corrected chi connectivity index (χ0v) is 8.60. The van der Waals surface area contributed by atoms with E-state index < -0.39 is 12.0 Å². The summed E-state index contributed by atoms with van der Waals surface area (Å²) in [5, 5.41) is 11.1. The van der Waals surface area contributed by atoms with Crippen LogP contribution >= 0.6 is 0 Å². The van der Waals surface area contributed by atoms with Crippen molar-refractivity contribution in [2.24, 2.45) is 5.92 Å². The third kappa shape index (κ3) is 1.97. The summed E-state index contributed by atoms with van der Waals surface area (Å²) in [5.74, 6) is -1.34. The van der Waals surface area contributed by atoms with E-state index in [0.29, 0.717) is 0 Å². The lowest BCUT2D eigenvalue weighted by Crippen LogP contribution is -2.44. The molecule has 2 saturated heterocycles. The molecule has 0 radical (unpaired) electrons. The SMILES string of the molecule is C[C@H](NC(=O)C1CC2CCC1O2)C(=O)O. The standard InChI is InChI=1S/C10H15NO4/c1-5(10(13)14)11-9(12)7-4-6-2-3-8(7)15-6/h5-8H,2-4H2,1H3,(H,11,12)(H,13,14)/t5-,6?,7?,8?/m0/s1. The van der Waals surface area contributed by atoms with Crippen molar-refractivity contribution in [3.05, 3.63) is 0 Å². The van der Waals surface area contributed by atoms with Crippen LogP contribution in [0.3, 0.4) is 0 Å². The van der Waals surface area contributed by atoms with Crippen LogP contribution in [-0.4, -0.2) is 35.2 Å². The Kier molecular flexibility index (Phi) is 2.65. The molecular weight excluding hydrogens is 198 g/mol. The molecule has 0 aromatic heterocycles. The Morgan fingerprint density at radius 2 is 2.20 bits per heavy atom. The maximum absolute atomic E-state index is 11.7. The monoisotopic (exact) mass is 213 g/mol.